The SMILES string of the molecule is COc1ccc(CC(=O)N(Cc2ccc(OC(F)(F)F)cc2)CC2(O)CCC3C45C=CC6(C=C4C(=O)c4ccccc4)CC(O)CCC6(C)C5CCC32C)cc1OC. The Bertz CT molecular complexity index is 2140. The molecular formula is C47H52F3NO7. The van der Waals surface area contributed by atoms with Gasteiger partial charge >= 0.3 is 6.36 Å². The molecular weight excluding hydrogens is 748 g/mol. The van der Waals surface area contributed by atoms with E-state index in [0.717, 1.165) is 18.4 Å². The van der Waals surface area contributed by atoms with Gasteiger partial charge in [0.25, 0.3) is 0 Å². The zero-order valence-corrected chi connectivity index (χ0v) is 33.5. The van der Waals surface area contributed by atoms with Gasteiger partial charge in [0.2, 0.25) is 5.91 Å². The highest BCUT2D eigenvalue weighted by Crippen LogP contribution is 2.78. The molecule has 11 heteroatoms. The van der Waals surface area contributed by atoms with E-state index in [4.69, 9.17) is 9.47 Å². The molecule has 2 N–H and O–H groups in total. The van der Waals surface area contributed by atoms with Crippen LogP contribution in [0.1, 0.15) is 80.3 Å². The molecule has 3 saturated carbocycles. The van der Waals surface area contributed by atoms with Crippen LogP contribution in [0.25, 0.3) is 0 Å². The molecule has 3 aromatic carbocycles. The van der Waals surface area contributed by atoms with Crippen molar-refractivity contribution in [3.63, 3.8) is 0 Å². The molecule has 0 aromatic heterocycles. The molecule has 0 aliphatic heterocycles. The van der Waals surface area contributed by atoms with Crippen LogP contribution < -0.4 is 14.2 Å². The highest BCUT2D eigenvalue weighted by Gasteiger charge is 2.74. The lowest BCUT2D eigenvalue weighted by Crippen LogP contribution is -2.67. The Morgan fingerprint density at radius 2 is 1.48 bits per heavy atom. The van der Waals surface area contributed by atoms with Gasteiger partial charge in [-0.1, -0.05) is 80.6 Å². The second kappa shape index (κ2) is 14.3. The van der Waals surface area contributed by atoms with Crippen LogP contribution in [0.3, 0.4) is 0 Å². The summed E-state index contributed by atoms with van der Waals surface area (Å²) in [7, 11) is 3.05. The largest absolute Gasteiger partial charge is 0.573 e. The van der Waals surface area contributed by atoms with Gasteiger partial charge in [-0.25, -0.2) is 0 Å². The first-order chi connectivity index (χ1) is 27.5. The number of amides is 1. The minimum Gasteiger partial charge on any atom is -0.493 e. The quantitative estimate of drug-likeness (QED) is 0.148. The Balaban J connectivity index is 1.16. The van der Waals surface area contributed by atoms with E-state index in [2.05, 4.69) is 36.8 Å². The van der Waals surface area contributed by atoms with Crippen LogP contribution in [-0.4, -0.2) is 65.6 Å². The topological polar surface area (TPSA) is 106 Å². The second-order valence-corrected chi connectivity index (χ2v) is 17.8. The van der Waals surface area contributed by atoms with E-state index in [-0.39, 0.29) is 54.2 Å². The average molecular weight is 800 g/mol. The van der Waals surface area contributed by atoms with E-state index in [1.807, 2.05) is 30.3 Å². The molecule has 308 valence electrons. The summed E-state index contributed by atoms with van der Waals surface area (Å²) in [4.78, 5) is 30.9. The first-order valence-corrected chi connectivity index (χ1v) is 20.3. The summed E-state index contributed by atoms with van der Waals surface area (Å²) in [6.45, 7) is 4.48. The lowest BCUT2D eigenvalue weighted by Gasteiger charge is -2.71. The number of benzene rings is 3. The number of fused-ring (bicyclic) bond motifs is 1. The first kappa shape index (κ1) is 40.2. The molecule has 8 nitrogen and oxygen atoms in total. The number of nitrogens with zero attached hydrogens (tertiary/aromatic N) is 1. The number of aliphatic hydroxyl groups is 2. The molecule has 9 rings (SSSR count). The van der Waals surface area contributed by atoms with Crippen molar-refractivity contribution in [2.24, 2.45) is 33.5 Å². The van der Waals surface area contributed by atoms with Gasteiger partial charge in [0, 0.05) is 33.9 Å². The molecule has 1 amide bonds. The van der Waals surface area contributed by atoms with Crippen molar-refractivity contribution in [2.45, 2.75) is 89.8 Å². The standard InChI is InChI=1S/C47H52F3NO7/c1-42-19-16-33(52)26-44(42)22-23-46(35(27-44)41(54)32-8-6-5-7-9-32)38(42)17-20-43(2)39(46)18-21-45(43,55)29-51(28-30-10-13-34(14-11-30)58-47(48,49)50)40(53)25-31-12-15-36(56-3)37(24-31)57-4/h5-15,22-24,27,33,38-39,52,55H,16-21,25-26,28-29H2,1-4H3. The number of Topliss-reactive ketones (excluding diaryl/α,β-unsaturated/α-hetero) is 1. The van der Waals surface area contributed by atoms with Gasteiger partial charge in [-0.15, -0.1) is 13.2 Å². The number of methoxy groups -OCH3 is 2. The normalized spacial score (nSPS) is 33.3. The Morgan fingerprint density at radius 1 is 0.828 bits per heavy atom. The molecule has 0 heterocycles. The fourth-order valence-electron chi connectivity index (χ4n) is 12.2. The molecule has 6 aliphatic rings. The number of hydrogen-bond donors (Lipinski definition) is 2. The zero-order chi connectivity index (χ0) is 41.3. The fraction of sp³-hybridized carbons (Fsp3) is 0.489. The number of rotatable bonds is 11. The molecule has 0 saturated heterocycles. The number of alkyl halides is 3. The van der Waals surface area contributed by atoms with Gasteiger partial charge in [0.05, 0.1) is 38.9 Å². The third-order valence-corrected chi connectivity index (χ3v) is 15.1. The molecule has 2 bridgehead atoms. The number of aliphatic hydroxyl groups excluding tert-OH is 1. The molecule has 58 heavy (non-hydrogen) atoms. The minimum atomic E-state index is -4.84. The van der Waals surface area contributed by atoms with Crippen molar-refractivity contribution >= 4 is 11.7 Å². The van der Waals surface area contributed by atoms with Gasteiger partial charge in [0.15, 0.2) is 17.3 Å². The van der Waals surface area contributed by atoms with Crippen LogP contribution in [0, 0.1) is 33.5 Å². The predicted molar refractivity (Wildman–Crippen MR) is 211 cm³/mol. The van der Waals surface area contributed by atoms with E-state index in [1.54, 1.807) is 23.1 Å². The number of allylic oxidation sites excluding steroid dienone is 4. The van der Waals surface area contributed by atoms with Crippen molar-refractivity contribution in [3.8, 4) is 17.2 Å². The summed E-state index contributed by atoms with van der Waals surface area (Å²) >= 11 is 0. The monoisotopic (exact) mass is 799 g/mol. The molecule has 2 spiro atoms. The Kier molecular flexibility index (Phi) is 9.90. The third-order valence-electron chi connectivity index (χ3n) is 15.1. The molecule has 3 fully saturated rings. The van der Waals surface area contributed by atoms with Crippen LogP contribution in [0.4, 0.5) is 13.2 Å². The summed E-state index contributed by atoms with van der Waals surface area (Å²) in [5, 5.41) is 24.2. The van der Waals surface area contributed by atoms with Crippen LogP contribution in [0.2, 0.25) is 0 Å². The number of hydrogen-bond acceptors (Lipinski definition) is 7. The van der Waals surface area contributed by atoms with E-state index in [0.29, 0.717) is 60.3 Å². The van der Waals surface area contributed by atoms with Crippen LogP contribution in [0.5, 0.6) is 17.2 Å². The second-order valence-electron chi connectivity index (χ2n) is 17.8. The lowest BCUT2D eigenvalue weighted by molar-refractivity contribution is -0.274. The van der Waals surface area contributed by atoms with Gasteiger partial charge in [-0.2, -0.15) is 0 Å². The highest BCUT2D eigenvalue weighted by molar-refractivity contribution is 6.10. The minimum absolute atomic E-state index is 0.0174. The van der Waals surface area contributed by atoms with E-state index < -0.39 is 34.3 Å². The number of carbonyl (C=O) groups is 2. The number of halogens is 3. The first-order valence-electron chi connectivity index (χ1n) is 20.3. The Morgan fingerprint density at radius 3 is 2.17 bits per heavy atom. The highest BCUT2D eigenvalue weighted by atomic mass is 19.4. The zero-order valence-electron chi connectivity index (χ0n) is 33.5. The van der Waals surface area contributed by atoms with Gasteiger partial charge in [0.1, 0.15) is 5.75 Å². The van der Waals surface area contributed by atoms with E-state index >= 15 is 0 Å². The van der Waals surface area contributed by atoms with Crippen LogP contribution in [0.15, 0.2) is 96.6 Å². The van der Waals surface area contributed by atoms with Crippen LogP contribution in [-0.2, 0) is 17.8 Å². The Labute approximate surface area is 337 Å². The van der Waals surface area contributed by atoms with Crippen molar-refractivity contribution in [2.75, 3.05) is 20.8 Å². The molecule has 0 radical (unpaired) electrons. The lowest BCUT2D eigenvalue weighted by atomic mass is 9.32. The maximum atomic E-state index is 14.8. The molecule has 6 aliphatic carbocycles. The summed E-state index contributed by atoms with van der Waals surface area (Å²) < 4.78 is 53.9. The van der Waals surface area contributed by atoms with Crippen molar-refractivity contribution in [1.29, 1.82) is 0 Å². The summed E-state index contributed by atoms with van der Waals surface area (Å²) in [5.41, 5.74) is -0.831. The summed E-state index contributed by atoms with van der Waals surface area (Å²) in [6.07, 6.45) is 5.93. The molecule has 8 atom stereocenters. The maximum Gasteiger partial charge on any atom is 0.573 e. The number of ether oxygens (including phenoxy) is 3. The number of ketones is 1. The van der Waals surface area contributed by atoms with E-state index in [1.165, 1.54) is 38.5 Å². The van der Waals surface area contributed by atoms with E-state index in [9.17, 15) is 33.0 Å². The average Bonchev–Trinajstić information content (AvgIpc) is 3.47. The molecule has 8 unspecified atom stereocenters. The Hall–Kier alpha value is -4.61. The van der Waals surface area contributed by atoms with Crippen LogP contribution >= 0.6 is 0 Å². The van der Waals surface area contributed by atoms with Crippen molar-refractivity contribution < 1.29 is 47.2 Å². The maximum absolute atomic E-state index is 14.8. The third kappa shape index (κ3) is 6.35. The summed E-state index contributed by atoms with van der Waals surface area (Å²) in [5.74, 6) is 0.275. The van der Waals surface area contributed by atoms with Gasteiger partial charge in [-0.3, -0.25) is 9.59 Å². The molecule has 3 aromatic rings. The van der Waals surface area contributed by atoms with Gasteiger partial charge < -0.3 is 29.3 Å². The fourth-order valence-corrected chi connectivity index (χ4v) is 12.2. The number of carbonyl (C=O) groups excluding carboxylic acids is 2. The smallest absolute Gasteiger partial charge is 0.493 e. The van der Waals surface area contributed by atoms with Crippen molar-refractivity contribution in [1.82, 2.24) is 4.90 Å². The van der Waals surface area contributed by atoms with Gasteiger partial charge in [-0.05, 0) is 97.6 Å². The van der Waals surface area contributed by atoms with Crippen molar-refractivity contribution in [3.05, 3.63) is 113 Å². The predicted octanol–water partition coefficient (Wildman–Crippen LogP) is 8.65. The summed E-state index contributed by atoms with van der Waals surface area (Å²) in [6, 6.07) is 20.0.